The number of esters is 1. The molecule has 1 N–H and O–H groups in total. The van der Waals surface area contributed by atoms with Crippen LogP contribution in [-0.4, -0.2) is 39.2 Å². The first-order chi connectivity index (χ1) is 12.6. The van der Waals surface area contributed by atoms with Crippen molar-refractivity contribution >= 4 is 17.6 Å². The minimum absolute atomic E-state index is 0.0915. The third-order valence-electron chi connectivity index (χ3n) is 4.00. The summed E-state index contributed by atoms with van der Waals surface area (Å²) >= 11 is 0. The van der Waals surface area contributed by atoms with Crippen molar-refractivity contribution < 1.29 is 19.1 Å². The first-order valence-electron chi connectivity index (χ1n) is 8.41. The number of anilines is 1. The number of hydrogen-bond donors (Lipinski definition) is 1. The molecule has 6 nitrogen and oxygen atoms in total. The molecule has 0 spiro atoms. The van der Waals surface area contributed by atoms with Crippen molar-refractivity contribution in [3.8, 4) is 5.75 Å². The summed E-state index contributed by atoms with van der Waals surface area (Å²) in [5.41, 5.74) is 2.13. The number of methoxy groups -OCH3 is 2. The molecule has 2 aromatic rings. The molecule has 0 bridgehead atoms. The Balaban J connectivity index is 1.99. The Morgan fingerprint density at radius 1 is 1.08 bits per heavy atom. The Bertz CT molecular complexity index is 747. The van der Waals surface area contributed by atoms with Gasteiger partial charge in [-0.1, -0.05) is 24.3 Å². The molecule has 0 atom stereocenters. The molecule has 138 valence electrons. The Morgan fingerprint density at radius 3 is 2.42 bits per heavy atom. The zero-order valence-electron chi connectivity index (χ0n) is 15.3. The number of nitrogens with one attached hydrogen (secondary N) is 1. The highest BCUT2D eigenvalue weighted by atomic mass is 16.5. The van der Waals surface area contributed by atoms with E-state index in [9.17, 15) is 9.59 Å². The maximum atomic E-state index is 12.3. The molecular formula is C20H24N2O4. The van der Waals surface area contributed by atoms with E-state index in [2.05, 4.69) is 5.32 Å². The van der Waals surface area contributed by atoms with Gasteiger partial charge in [0.15, 0.2) is 0 Å². The summed E-state index contributed by atoms with van der Waals surface area (Å²) in [6.07, 6.45) is 0. The summed E-state index contributed by atoms with van der Waals surface area (Å²) in [6.45, 7) is 3.32. The summed E-state index contributed by atoms with van der Waals surface area (Å²) in [7, 11) is 2.81. The van der Waals surface area contributed by atoms with E-state index >= 15 is 0 Å². The lowest BCUT2D eigenvalue weighted by Gasteiger charge is -2.22. The summed E-state index contributed by atoms with van der Waals surface area (Å²) < 4.78 is 9.93. The zero-order valence-corrected chi connectivity index (χ0v) is 15.3. The van der Waals surface area contributed by atoms with E-state index in [1.165, 1.54) is 14.2 Å². The minimum atomic E-state index is -0.476. The largest absolute Gasteiger partial charge is 0.496 e. The van der Waals surface area contributed by atoms with E-state index in [0.717, 1.165) is 17.8 Å². The molecule has 0 radical (unpaired) electrons. The molecule has 0 fully saturated rings. The second-order valence-corrected chi connectivity index (χ2v) is 5.65. The number of likely N-dealkylation sites (N-methyl/N-ethyl adjacent to an activating group) is 1. The SMILES string of the molecule is CCN(CC(=O)NCc1ccc(OC)c(C(=O)OC)c1)c1ccccc1. The fraction of sp³-hybridized carbons (Fsp3) is 0.300. The average Bonchev–Trinajstić information content (AvgIpc) is 2.70. The van der Waals surface area contributed by atoms with Crippen LogP contribution in [0.15, 0.2) is 48.5 Å². The van der Waals surface area contributed by atoms with E-state index in [1.54, 1.807) is 18.2 Å². The average molecular weight is 356 g/mol. The first-order valence-corrected chi connectivity index (χ1v) is 8.41. The Morgan fingerprint density at radius 2 is 1.81 bits per heavy atom. The van der Waals surface area contributed by atoms with Crippen LogP contribution in [0.2, 0.25) is 0 Å². The summed E-state index contributed by atoms with van der Waals surface area (Å²) in [6, 6.07) is 14.9. The summed E-state index contributed by atoms with van der Waals surface area (Å²) in [4.78, 5) is 26.1. The number of hydrogen-bond acceptors (Lipinski definition) is 5. The second-order valence-electron chi connectivity index (χ2n) is 5.65. The second kappa shape index (κ2) is 9.46. The number of carbonyl (C=O) groups is 2. The highest BCUT2D eigenvalue weighted by molar-refractivity contribution is 5.92. The number of nitrogens with zero attached hydrogens (tertiary/aromatic N) is 1. The molecule has 0 saturated heterocycles. The van der Waals surface area contributed by atoms with Gasteiger partial charge in [0, 0.05) is 18.8 Å². The quantitative estimate of drug-likeness (QED) is 0.737. The van der Waals surface area contributed by atoms with Gasteiger partial charge in [0.25, 0.3) is 0 Å². The predicted octanol–water partition coefficient (Wildman–Crippen LogP) is 2.62. The lowest BCUT2D eigenvalue weighted by Crippen LogP contribution is -2.37. The van der Waals surface area contributed by atoms with Crippen molar-refractivity contribution in [2.24, 2.45) is 0 Å². The van der Waals surface area contributed by atoms with E-state index < -0.39 is 5.97 Å². The predicted molar refractivity (Wildman–Crippen MR) is 101 cm³/mol. The molecule has 2 rings (SSSR count). The summed E-state index contributed by atoms with van der Waals surface area (Å²) in [5.74, 6) is -0.129. The summed E-state index contributed by atoms with van der Waals surface area (Å²) in [5, 5.41) is 2.88. The molecule has 0 aliphatic heterocycles. The Labute approximate surface area is 153 Å². The normalized spacial score (nSPS) is 10.1. The fourth-order valence-electron chi connectivity index (χ4n) is 2.59. The number of ether oxygens (including phenoxy) is 2. The van der Waals surface area contributed by atoms with Crippen LogP contribution in [-0.2, 0) is 16.1 Å². The Kier molecular flexibility index (Phi) is 7.02. The van der Waals surface area contributed by atoms with Gasteiger partial charge in [0.2, 0.25) is 5.91 Å². The van der Waals surface area contributed by atoms with Crippen LogP contribution in [0.3, 0.4) is 0 Å². The topological polar surface area (TPSA) is 67.9 Å². The molecule has 6 heteroatoms. The van der Waals surface area contributed by atoms with E-state index in [4.69, 9.17) is 9.47 Å². The maximum absolute atomic E-state index is 12.3. The van der Waals surface area contributed by atoms with Crippen molar-refractivity contribution in [1.82, 2.24) is 5.32 Å². The molecule has 26 heavy (non-hydrogen) atoms. The lowest BCUT2D eigenvalue weighted by molar-refractivity contribution is -0.119. The van der Waals surface area contributed by atoms with Gasteiger partial charge in [-0.15, -0.1) is 0 Å². The van der Waals surface area contributed by atoms with Crippen LogP contribution in [0.1, 0.15) is 22.8 Å². The molecule has 0 heterocycles. The molecule has 0 saturated carbocycles. The van der Waals surface area contributed by atoms with Gasteiger partial charge in [-0.2, -0.15) is 0 Å². The van der Waals surface area contributed by atoms with Crippen LogP contribution < -0.4 is 15.0 Å². The molecule has 0 unspecified atom stereocenters. The zero-order chi connectivity index (χ0) is 18.9. The number of amides is 1. The van der Waals surface area contributed by atoms with Crippen molar-refractivity contribution in [3.05, 3.63) is 59.7 Å². The molecule has 1 amide bonds. The van der Waals surface area contributed by atoms with Gasteiger partial charge >= 0.3 is 5.97 Å². The fourth-order valence-corrected chi connectivity index (χ4v) is 2.59. The monoisotopic (exact) mass is 356 g/mol. The lowest BCUT2D eigenvalue weighted by atomic mass is 10.1. The van der Waals surface area contributed by atoms with Gasteiger partial charge in [-0.05, 0) is 36.8 Å². The van der Waals surface area contributed by atoms with Gasteiger partial charge in [-0.3, -0.25) is 4.79 Å². The van der Waals surface area contributed by atoms with Crippen molar-refractivity contribution in [2.75, 3.05) is 32.2 Å². The van der Waals surface area contributed by atoms with E-state index in [0.29, 0.717) is 17.9 Å². The van der Waals surface area contributed by atoms with Gasteiger partial charge in [0.1, 0.15) is 11.3 Å². The first kappa shape index (κ1) is 19.3. The maximum Gasteiger partial charge on any atom is 0.341 e. The Hall–Kier alpha value is -3.02. The highest BCUT2D eigenvalue weighted by Gasteiger charge is 2.14. The van der Waals surface area contributed by atoms with Crippen LogP contribution in [0, 0.1) is 0 Å². The van der Waals surface area contributed by atoms with Crippen molar-refractivity contribution in [2.45, 2.75) is 13.5 Å². The van der Waals surface area contributed by atoms with Crippen LogP contribution in [0.5, 0.6) is 5.75 Å². The number of rotatable bonds is 8. The van der Waals surface area contributed by atoms with Gasteiger partial charge < -0.3 is 19.7 Å². The van der Waals surface area contributed by atoms with Crippen LogP contribution in [0.4, 0.5) is 5.69 Å². The molecular weight excluding hydrogens is 332 g/mol. The van der Waals surface area contributed by atoms with Crippen molar-refractivity contribution in [3.63, 3.8) is 0 Å². The standard InChI is InChI=1S/C20H24N2O4/c1-4-22(16-8-6-5-7-9-16)14-19(23)21-13-15-10-11-18(25-2)17(12-15)20(24)26-3/h5-12H,4,13-14H2,1-3H3,(H,21,23). The van der Waals surface area contributed by atoms with Gasteiger partial charge in [0.05, 0.1) is 20.8 Å². The number of carbonyl (C=O) groups excluding carboxylic acids is 2. The molecule has 0 aliphatic carbocycles. The van der Waals surface area contributed by atoms with Crippen molar-refractivity contribution in [1.29, 1.82) is 0 Å². The third kappa shape index (κ3) is 4.99. The molecule has 0 aromatic heterocycles. The van der Waals surface area contributed by atoms with E-state index in [-0.39, 0.29) is 12.5 Å². The van der Waals surface area contributed by atoms with Crippen LogP contribution >= 0.6 is 0 Å². The smallest absolute Gasteiger partial charge is 0.341 e. The number of para-hydroxylation sites is 1. The number of benzene rings is 2. The third-order valence-corrected chi connectivity index (χ3v) is 4.00. The van der Waals surface area contributed by atoms with Gasteiger partial charge in [-0.25, -0.2) is 4.79 Å². The molecule has 0 aliphatic rings. The van der Waals surface area contributed by atoms with E-state index in [1.807, 2.05) is 42.2 Å². The minimum Gasteiger partial charge on any atom is -0.496 e. The molecule has 2 aromatic carbocycles. The van der Waals surface area contributed by atoms with Crippen LogP contribution in [0.25, 0.3) is 0 Å². The highest BCUT2D eigenvalue weighted by Crippen LogP contribution is 2.20.